The van der Waals surface area contributed by atoms with E-state index in [2.05, 4.69) is 20.3 Å². The normalized spacial score (nSPS) is 22.4. The van der Waals surface area contributed by atoms with Crippen LogP contribution >= 0.6 is 11.3 Å². The van der Waals surface area contributed by atoms with E-state index in [-0.39, 0.29) is 18.0 Å². The third-order valence-corrected chi connectivity index (χ3v) is 6.87. The molecule has 1 saturated heterocycles. The van der Waals surface area contributed by atoms with Gasteiger partial charge in [-0.15, -0.1) is 11.3 Å². The molecule has 0 spiro atoms. The van der Waals surface area contributed by atoms with E-state index in [4.69, 9.17) is 0 Å². The van der Waals surface area contributed by atoms with Crippen LogP contribution in [0.15, 0.2) is 42.0 Å². The number of hydrogen-bond donors (Lipinski definition) is 1. The molecule has 1 saturated carbocycles. The van der Waals surface area contributed by atoms with Crippen LogP contribution in [0.4, 0.5) is 19.0 Å². The van der Waals surface area contributed by atoms with Gasteiger partial charge in [-0.25, -0.2) is 15.0 Å². The molecule has 6 nitrogen and oxygen atoms in total. The first-order valence-electron chi connectivity index (χ1n) is 10.3. The molecule has 2 bridgehead atoms. The van der Waals surface area contributed by atoms with E-state index in [0.29, 0.717) is 29.5 Å². The summed E-state index contributed by atoms with van der Waals surface area (Å²) in [5.74, 6) is 0.572. The number of fused-ring (bicyclic) bond motifs is 2. The Bertz CT molecular complexity index is 1130. The lowest BCUT2D eigenvalue weighted by atomic mass is 10.0. The number of likely N-dealkylation sites (tertiary alicyclic amines) is 1. The number of rotatable bonds is 4. The van der Waals surface area contributed by atoms with Crippen LogP contribution in [0.3, 0.4) is 0 Å². The zero-order chi connectivity index (χ0) is 22.5. The van der Waals surface area contributed by atoms with Crippen molar-refractivity contribution in [2.45, 2.75) is 38.0 Å². The van der Waals surface area contributed by atoms with Gasteiger partial charge < -0.3 is 10.2 Å². The molecule has 1 N–H and O–H groups in total. The number of carbonyl (C=O) groups excluding carboxylic acids is 1. The molecule has 2 fully saturated rings. The Morgan fingerprint density at radius 2 is 2.03 bits per heavy atom. The SMILES string of the molecule is Cc1ccc(-c2nccs2)c(C(=O)N2CC3CC(Nc4ccc(C(F)(F)F)cn4)C2C3)n1. The molecular formula is C22H20F3N5OS. The summed E-state index contributed by atoms with van der Waals surface area (Å²) in [6, 6.07) is 5.96. The predicted molar refractivity (Wildman–Crippen MR) is 114 cm³/mol. The Kier molecular flexibility index (Phi) is 5.11. The lowest BCUT2D eigenvalue weighted by Gasteiger charge is -2.34. The molecule has 0 radical (unpaired) electrons. The van der Waals surface area contributed by atoms with Gasteiger partial charge in [0.15, 0.2) is 0 Å². The number of halogens is 3. The third kappa shape index (κ3) is 3.83. The van der Waals surface area contributed by atoms with Gasteiger partial charge in [-0.05, 0) is 49.9 Å². The first-order valence-corrected chi connectivity index (χ1v) is 11.2. The standard InChI is InChI=1S/C22H20F3N5OS/c1-12-2-4-15(20-26-6-7-32-20)19(28-12)21(31)30-11-13-8-16(17(30)9-13)29-18-5-3-14(10-27-18)22(23,24)25/h2-7,10,13,16-17H,8-9,11H2,1H3,(H,27,29). The fourth-order valence-corrected chi connectivity index (χ4v) is 5.30. The first kappa shape index (κ1) is 20.9. The summed E-state index contributed by atoms with van der Waals surface area (Å²) >= 11 is 1.45. The van der Waals surface area contributed by atoms with Gasteiger partial charge in [-0.1, -0.05) is 0 Å². The van der Waals surface area contributed by atoms with Crippen molar-refractivity contribution in [3.63, 3.8) is 0 Å². The first-order chi connectivity index (χ1) is 15.3. The second-order valence-electron chi connectivity index (χ2n) is 8.23. The minimum absolute atomic E-state index is 0.0666. The number of thiazole rings is 1. The molecule has 32 heavy (non-hydrogen) atoms. The fraction of sp³-hybridized carbons (Fsp3) is 0.364. The zero-order valence-corrected chi connectivity index (χ0v) is 18.0. The van der Waals surface area contributed by atoms with Crippen LogP contribution in [0.25, 0.3) is 10.6 Å². The zero-order valence-electron chi connectivity index (χ0n) is 17.1. The van der Waals surface area contributed by atoms with Crippen LogP contribution in [0.2, 0.25) is 0 Å². The lowest BCUT2D eigenvalue weighted by molar-refractivity contribution is -0.137. The smallest absolute Gasteiger partial charge is 0.365 e. The fourth-order valence-electron chi connectivity index (χ4n) is 4.64. The minimum Gasteiger partial charge on any atom is -0.365 e. The van der Waals surface area contributed by atoms with Crippen LogP contribution < -0.4 is 5.32 Å². The molecule has 1 aliphatic heterocycles. The molecular weight excluding hydrogens is 439 g/mol. The van der Waals surface area contributed by atoms with E-state index in [1.54, 1.807) is 6.20 Å². The van der Waals surface area contributed by atoms with Crippen molar-refractivity contribution in [3.05, 3.63) is 59.0 Å². The van der Waals surface area contributed by atoms with Crippen molar-refractivity contribution < 1.29 is 18.0 Å². The Morgan fingerprint density at radius 3 is 2.69 bits per heavy atom. The highest BCUT2D eigenvalue weighted by molar-refractivity contribution is 7.13. The van der Waals surface area contributed by atoms with E-state index in [1.807, 2.05) is 29.3 Å². The van der Waals surface area contributed by atoms with Crippen molar-refractivity contribution >= 4 is 23.1 Å². The van der Waals surface area contributed by atoms with Crippen LogP contribution in [0, 0.1) is 12.8 Å². The third-order valence-electron chi connectivity index (χ3n) is 6.07. The van der Waals surface area contributed by atoms with Gasteiger partial charge in [0, 0.05) is 41.6 Å². The summed E-state index contributed by atoms with van der Waals surface area (Å²) in [6.45, 7) is 2.49. The molecule has 1 aliphatic carbocycles. The Morgan fingerprint density at radius 1 is 1.19 bits per heavy atom. The maximum Gasteiger partial charge on any atom is 0.417 e. The Labute approximate surface area is 186 Å². The predicted octanol–water partition coefficient (Wildman–Crippen LogP) is 4.64. The van der Waals surface area contributed by atoms with Crippen LogP contribution in [0.1, 0.15) is 34.6 Å². The number of alkyl halides is 3. The summed E-state index contributed by atoms with van der Waals surface area (Å²) in [4.78, 5) is 28.2. The lowest BCUT2D eigenvalue weighted by Crippen LogP contribution is -2.48. The highest BCUT2D eigenvalue weighted by Crippen LogP contribution is 2.40. The minimum atomic E-state index is -4.42. The molecule has 3 unspecified atom stereocenters. The number of nitrogens with zero attached hydrogens (tertiary/aromatic N) is 4. The highest BCUT2D eigenvalue weighted by atomic mass is 32.1. The number of aryl methyl sites for hydroxylation is 1. The molecule has 4 heterocycles. The number of piperidine rings is 1. The Balaban J connectivity index is 1.37. The van der Waals surface area contributed by atoms with Crippen LogP contribution in [-0.4, -0.2) is 44.4 Å². The van der Waals surface area contributed by atoms with Gasteiger partial charge in [0.25, 0.3) is 5.91 Å². The van der Waals surface area contributed by atoms with E-state index in [1.165, 1.54) is 17.4 Å². The number of amides is 1. The molecule has 1 amide bonds. The van der Waals surface area contributed by atoms with Gasteiger partial charge in [-0.3, -0.25) is 4.79 Å². The maximum atomic E-state index is 13.5. The van der Waals surface area contributed by atoms with E-state index >= 15 is 0 Å². The molecule has 3 aromatic rings. The number of carbonyl (C=O) groups is 1. The molecule has 3 aromatic heterocycles. The number of aromatic nitrogens is 3. The second kappa shape index (κ2) is 7.84. The average molecular weight is 459 g/mol. The van der Waals surface area contributed by atoms with Gasteiger partial charge in [0.1, 0.15) is 16.5 Å². The van der Waals surface area contributed by atoms with Crippen molar-refractivity contribution in [1.29, 1.82) is 0 Å². The molecule has 2 aliphatic rings. The number of hydrogen-bond acceptors (Lipinski definition) is 6. The summed E-state index contributed by atoms with van der Waals surface area (Å²) < 4.78 is 38.4. The van der Waals surface area contributed by atoms with Crippen LogP contribution in [0.5, 0.6) is 0 Å². The van der Waals surface area contributed by atoms with Gasteiger partial charge >= 0.3 is 6.18 Å². The van der Waals surface area contributed by atoms with Crippen molar-refractivity contribution in [2.75, 3.05) is 11.9 Å². The quantitative estimate of drug-likeness (QED) is 0.615. The highest BCUT2D eigenvalue weighted by Gasteiger charge is 2.47. The largest absolute Gasteiger partial charge is 0.417 e. The van der Waals surface area contributed by atoms with Crippen molar-refractivity contribution in [3.8, 4) is 10.6 Å². The average Bonchev–Trinajstić information content (AvgIpc) is 3.50. The van der Waals surface area contributed by atoms with Crippen molar-refractivity contribution in [1.82, 2.24) is 19.9 Å². The molecule has 0 aromatic carbocycles. The summed E-state index contributed by atoms with van der Waals surface area (Å²) in [5.41, 5.74) is 1.07. The summed E-state index contributed by atoms with van der Waals surface area (Å²) in [5, 5.41) is 5.84. The summed E-state index contributed by atoms with van der Waals surface area (Å²) in [6.07, 6.45) is -0.199. The monoisotopic (exact) mass is 459 g/mol. The number of anilines is 1. The van der Waals surface area contributed by atoms with E-state index in [9.17, 15) is 18.0 Å². The number of nitrogens with one attached hydrogen (secondary N) is 1. The number of pyridine rings is 2. The van der Waals surface area contributed by atoms with E-state index < -0.39 is 11.7 Å². The van der Waals surface area contributed by atoms with Crippen LogP contribution in [-0.2, 0) is 6.18 Å². The van der Waals surface area contributed by atoms with Gasteiger partial charge in [0.2, 0.25) is 0 Å². The topological polar surface area (TPSA) is 71.0 Å². The van der Waals surface area contributed by atoms with Gasteiger partial charge in [0.05, 0.1) is 11.6 Å². The van der Waals surface area contributed by atoms with Gasteiger partial charge in [-0.2, -0.15) is 13.2 Å². The van der Waals surface area contributed by atoms with E-state index in [0.717, 1.165) is 35.8 Å². The maximum absolute atomic E-state index is 13.5. The molecule has 166 valence electrons. The van der Waals surface area contributed by atoms with Crippen molar-refractivity contribution in [2.24, 2.45) is 5.92 Å². The summed E-state index contributed by atoms with van der Waals surface area (Å²) in [7, 11) is 0. The molecule has 3 atom stereocenters. The Hall–Kier alpha value is -3.01. The second-order valence-corrected chi connectivity index (χ2v) is 9.12. The molecule has 10 heteroatoms. The molecule has 5 rings (SSSR count).